The Morgan fingerprint density at radius 2 is 1.75 bits per heavy atom. The number of ether oxygens (including phenoxy) is 2. The molecule has 32 heavy (non-hydrogen) atoms. The smallest absolute Gasteiger partial charge is 0.337 e. The lowest BCUT2D eigenvalue weighted by molar-refractivity contribution is -0.112. The monoisotopic (exact) mass is 426 g/mol. The van der Waals surface area contributed by atoms with E-state index in [9.17, 15) is 14.9 Å². The highest BCUT2D eigenvalue weighted by Crippen LogP contribution is 2.18. The molecular formula is C26H22N2O4. The molecule has 6 nitrogen and oxygen atoms in total. The maximum Gasteiger partial charge on any atom is 0.337 e. The molecular weight excluding hydrogens is 404 g/mol. The van der Waals surface area contributed by atoms with E-state index in [1.807, 2.05) is 31.2 Å². The van der Waals surface area contributed by atoms with E-state index in [-0.39, 0.29) is 5.57 Å². The average Bonchev–Trinajstić information content (AvgIpc) is 2.82. The van der Waals surface area contributed by atoms with Gasteiger partial charge >= 0.3 is 5.97 Å². The number of methoxy groups -OCH3 is 1. The van der Waals surface area contributed by atoms with Crippen LogP contribution in [0, 0.1) is 18.3 Å². The lowest BCUT2D eigenvalue weighted by atomic mass is 10.1. The molecule has 6 heteroatoms. The van der Waals surface area contributed by atoms with E-state index in [4.69, 9.17) is 4.74 Å². The molecule has 1 amide bonds. The minimum absolute atomic E-state index is 0.0459. The number of nitrogens with zero attached hydrogens (tertiary/aromatic N) is 1. The first-order valence-corrected chi connectivity index (χ1v) is 9.88. The summed E-state index contributed by atoms with van der Waals surface area (Å²) in [5.74, 6) is -0.317. The molecule has 1 N–H and O–H groups in total. The van der Waals surface area contributed by atoms with Gasteiger partial charge in [0, 0.05) is 5.69 Å². The minimum Gasteiger partial charge on any atom is -0.489 e. The van der Waals surface area contributed by atoms with Crippen molar-refractivity contribution < 1.29 is 19.1 Å². The Hall–Kier alpha value is -4.37. The van der Waals surface area contributed by atoms with Crippen molar-refractivity contribution in [3.8, 4) is 11.8 Å². The fraction of sp³-hybridized carbons (Fsp3) is 0.115. The van der Waals surface area contributed by atoms with Crippen LogP contribution in [0.2, 0.25) is 0 Å². The number of nitriles is 1. The molecule has 0 fully saturated rings. The van der Waals surface area contributed by atoms with Crippen molar-refractivity contribution in [2.75, 3.05) is 12.4 Å². The number of amides is 1. The molecule has 0 bridgehead atoms. The number of nitrogens with one attached hydrogen (secondary N) is 1. The van der Waals surface area contributed by atoms with E-state index in [1.165, 1.54) is 30.9 Å². The zero-order valence-electron chi connectivity index (χ0n) is 17.8. The topological polar surface area (TPSA) is 88.4 Å². The third kappa shape index (κ3) is 6.07. The highest BCUT2D eigenvalue weighted by atomic mass is 16.5. The number of anilines is 1. The maximum absolute atomic E-state index is 12.5. The third-order valence-corrected chi connectivity index (χ3v) is 4.61. The SMILES string of the molecule is COC(=O)c1ccc(NC(=O)/C(C#N)=C/c2ccc(OCc3cccc(C)c3)cc2)cc1. The van der Waals surface area contributed by atoms with E-state index in [2.05, 4.69) is 16.1 Å². The van der Waals surface area contributed by atoms with Crippen molar-refractivity contribution in [2.45, 2.75) is 13.5 Å². The van der Waals surface area contributed by atoms with Gasteiger partial charge in [0.05, 0.1) is 12.7 Å². The predicted octanol–water partition coefficient (Wildman–Crippen LogP) is 4.91. The van der Waals surface area contributed by atoms with Crippen LogP contribution in [0.25, 0.3) is 6.08 Å². The summed E-state index contributed by atoms with van der Waals surface area (Å²) in [6.07, 6.45) is 1.50. The Morgan fingerprint density at radius 1 is 1.03 bits per heavy atom. The van der Waals surface area contributed by atoms with Crippen LogP contribution in [0.5, 0.6) is 5.75 Å². The number of hydrogen-bond donors (Lipinski definition) is 1. The molecule has 0 heterocycles. The molecule has 3 rings (SSSR count). The van der Waals surface area contributed by atoms with Crippen LogP contribution in [0.15, 0.2) is 78.4 Å². The first kappa shape index (κ1) is 22.3. The van der Waals surface area contributed by atoms with Crippen LogP contribution < -0.4 is 10.1 Å². The molecule has 0 radical (unpaired) electrons. The van der Waals surface area contributed by atoms with Gasteiger partial charge in [-0.05, 0) is 60.5 Å². The van der Waals surface area contributed by atoms with Gasteiger partial charge in [-0.2, -0.15) is 5.26 Å². The highest BCUT2D eigenvalue weighted by molar-refractivity contribution is 6.09. The van der Waals surface area contributed by atoms with Gasteiger partial charge in [0.15, 0.2) is 0 Å². The fourth-order valence-corrected chi connectivity index (χ4v) is 2.95. The second-order valence-electron chi connectivity index (χ2n) is 7.04. The lowest BCUT2D eigenvalue weighted by Gasteiger charge is -2.08. The molecule has 0 aromatic heterocycles. The third-order valence-electron chi connectivity index (χ3n) is 4.61. The zero-order chi connectivity index (χ0) is 22.9. The molecule has 0 aliphatic carbocycles. The molecule has 160 valence electrons. The van der Waals surface area contributed by atoms with Crippen molar-refractivity contribution in [2.24, 2.45) is 0 Å². The van der Waals surface area contributed by atoms with E-state index in [0.717, 1.165) is 5.56 Å². The largest absolute Gasteiger partial charge is 0.489 e. The normalized spacial score (nSPS) is 10.7. The summed E-state index contributed by atoms with van der Waals surface area (Å²) in [6.45, 7) is 2.49. The molecule has 0 unspecified atom stereocenters. The molecule has 0 aliphatic heterocycles. The van der Waals surface area contributed by atoms with Crippen molar-refractivity contribution in [1.29, 1.82) is 5.26 Å². The first-order chi connectivity index (χ1) is 15.5. The van der Waals surface area contributed by atoms with Crippen molar-refractivity contribution in [1.82, 2.24) is 0 Å². The molecule has 3 aromatic rings. The highest BCUT2D eigenvalue weighted by Gasteiger charge is 2.11. The van der Waals surface area contributed by atoms with Crippen molar-refractivity contribution in [3.05, 3.63) is 101 Å². The maximum atomic E-state index is 12.5. The molecule has 0 spiro atoms. The van der Waals surface area contributed by atoms with E-state index >= 15 is 0 Å². The van der Waals surface area contributed by atoms with Crippen LogP contribution in [0.3, 0.4) is 0 Å². The molecule has 0 saturated carbocycles. The number of aryl methyl sites for hydroxylation is 1. The number of rotatable bonds is 7. The summed E-state index contributed by atoms with van der Waals surface area (Å²) < 4.78 is 10.4. The Labute approximate surface area is 186 Å². The second kappa shape index (κ2) is 10.6. The lowest BCUT2D eigenvalue weighted by Crippen LogP contribution is -2.13. The van der Waals surface area contributed by atoms with Crippen LogP contribution in [-0.2, 0) is 16.1 Å². The zero-order valence-corrected chi connectivity index (χ0v) is 17.8. The van der Waals surface area contributed by atoms with E-state index < -0.39 is 11.9 Å². The number of carbonyl (C=O) groups is 2. The van der Waals surface area contributed by atoms with E-state index in [1.54, 1.807) is 36.4 Å². The summed E-state index contributed by atoms with van der Waals surface area (Å²) in [5.41, 5.74) is 3.73. The van der Waals surface area contributed by atoms with Gasteiger partial charge in [0.1, 0.15) is 24.0 Å². The van der Waals surface area contributed by atoms with Crippen LogP contribution in [-0.4, -0.2) is 19.0 Å². The number of benzene rings is 3. The van der Waals surface area contributed by atoms with Crippen molar-refractivity contribution >= 4 is 23.6 Å². The first-order valence-electron chi connectivity index (χ1n) is 9.88. The Balaban J connectivity index is 1.63. The predicted molar refractivity (Wildman–Crippen MR) is 122 cm³/mol. The van der Waals surface area contributed by atoms with E-state index in [0.29, 0.717) is 29.2 Å². The quantitative estimate of drug-likeness (QED) is 0.330. The standard InChI is InChI=1S/C26H22N2O4/c1-18-4-3-5-20(14-18)17-32-24-12-6-19(7-13-24)15-22(16-27)25(29)28-23-10-8-21(9-11-23)26(30)31-2/h3-15H,17H2,1-2H3,(H,28,29)/b22-15+. The summed E-state index contributed by atoms with van der Waals surface area (Å²) in [7, 11) is 1.30. The van der Waals surface area contributed by atoms with Crippen LogP contribution in [0.4, 0.5) is 5.69 Å². The number of esters is 1. The summed E-state index contributed by atoms with van der Waals surface area (Å²) >= 11 is 0. The molecule has 0 aliphatic rings. The van der Waals surface area contributed by atoms with Gasteiger partial charge in [-0.25, -0.2) is 4.79 Å². The summed E-state index contributed by atoms with van der Waals surface area (Å²) in [5, 5.41) is 12.1. The second-order valence-corrected chi connectivity index (χ2v) is 7.04. The molecule has 3 aromatic carbocycles. The Morgan fingerprint density at radius 3 is 2.38 bits per heavy atom. The summed E-state index contributed by atoms with van der Waals surface area (Å²) in [6, 6.07) is 23.4. The summed E-state index contributed by atoms with van der Waals surface area (Å²) in [4.78, 5) is 23.9. The minimum atomic E-state index is -0.543. The van der Waals surface area contributed by atoms with Gasteiger partial charge < -0.3 is 14.8 Å². The molecule has 0 atom stereocenters. The van der Waals surface area contributed by atoms with Crippen LogP contribution >= 0.6 is 0 Å². The van der Waals surface area contributed by atoms with Gasteiger partial charge in [-0.3, -0.25) is 4.79 Å². The Kier molecular flexibility index (Phi) is 7.39. The average molecular weight is 426 g/mol. The van der Waals surface area contributed by atoms with Gasteiger partial charge in [0.25, 0.3) is 5.91 Å². The number of hydrogen-bond acceptors (Lipinski definition) is 5. The van der Waals surface area contributed by atoms with Crippen LogP contribution in [0.1, 0.15) is 27.0 Å². The van der Waals surface area contributed by atoms with Crippen molar-refractivity contribution in [3.63, 3.8) is 0 Å². The number of carbonyl (C=O) groups excluding carboxylic acids is 2. The van der Waals surface area contributed by atoms with Gasteiger partial charge in [-0.1, -0.05) is 42.0 Å². The fourth-order valence-electron chi connectivity index (χ4n) is 2.95. The van der Waals surface area contributed by atoms with Gasteiger partial charge in [-0.15, -0.1) is 0 Å². The Bertz CT molecular complexity index is 1170. The molecule has 0 saturated heterocycles. The van der Waals surface area contributed by atoms with Gasteiger partial charge in [0.2, 0.25) is 0 Å².